The number of ether oxygens (including phenoxy) is 1. The summed E-state index contributed by atoms with van der Waals surface area (Å²) in [5, 5.41) is 1.16. The van der Waals surface area contributed by atoms with Crippen LogP contribution in [0.25, 0.3) is 0 Å². The summed E-state index contributed by atoms with van der Waals surface area (Å²) in [6, 6.07) is 13.8. The van der Waals surface area contributed by atoms with Crippen LogP contribution in [0.5, 0.6) is 0 Å². The first kappa shape index (κ1) is 23.3. The second-order valence-corrected chi connectivity index (χ2v) is 9.78. The maximum atomic E-state index is 12.9. The predicted molar refractivity (Wildman–Crippen MR) is 132 cm³/mol. The Balaban J connectivity index is 1.13. The number of halogens is 1. The van der Waals surface area contributed by atoms with Gasteiger partial charge in [-0.2, -0.15) is 0 Å². The van der Waals surface area contributed by atoms with Gasteiger partial charge in [-0.15, -0.1) is 0 Å². The van der Waals surface area contributed by atoms with Gasteiger partial charge in [-0.25, -0.2) is 9.38 Å². The lowest BCUT2D eigenvalue weighted by Gasteiger charge is -2.38. The van der Waals surface area contributed by atoms with Crippen LogP contribution in [0, 0.1) is 12.7 Å². The fourth-order valence-corrected chi connectivity index (χ4v) is 5.45. The minimum absolute atomic E-state index is 0.185. The van der Waals surface area contributed by atoms with Crippen molar-refractivity contribution in [2.24, 2.45) is 4.99 Å². The quantitative estimate of drug-likeness (QED) is 0.497. The highest BCUT2D eigenvalue weighted by Crippen LogP contribution is 2.33. The minimum Gasteiger partial charge on any atom is -0.381 e. The first-order valence-corrected chi connectivity index (χ1v) is 12.7. The number of thioether (sulfide) groups is 1. The number of hydrogen-bond acceptors (Lipinski definition) is 5. The van der Waals surface area contributed by atoms with Gasteiger partial charge in [-0.1, -0.05) is 41.6 Å². The molecule has 2 aromatic carbocycles. The van der Waals surface area contributed by atoms with E-state index in [-0.39, 0.29) is 5.82 Å². The zero-order valence-corrected chi connectivity index (χ0v) is 20.0. The summed E-state index contributed by atoms with van der Waals surface area (Å²) >= 11 is 1.86. The first-order chi connectivity index (χ1) is 15.6. The highest BCUT2D eigenvalue weighted by molar-refractivity contribution is 8.13. The molecule has 0 radical (unpaired) electrons. The predicted octanol–water partition coefficient (Wildman–Crippen LogP) is 5.41. The molecule has 0 unspecified atom stereocenters. The van der Waals surface area contributed by atoms with Gasteiger partial charge in [0.2, 0.25) is 0 Å². The van der Waals surface area contributed by atoms with Crippen molar-refractivity contribution in [2.45, 2.75) is 44.4 Å². The first-order valence-electron chi connectivity index (χ1n) is 11.7. The van der Waals surface area contributed by atoms with E-state index in [4.69, 9.17) is 9.73 Å². The average Bonchev–Trinajstić information content (AvgIpc) is 2.82. The van der Waals surface area contributed by atoms with Crippen LogP contribution in [0.4, 0.5) is 10.1 Å². The summed E-state index contributed by atoms with van der Waals surface area (Å²) < 4.78 is 18.7. The van der Waals surface area contributed by atoms with Gasteiger partial charge >= 0.3 is 0 Å². The maximum absolute atomic E-state index is 12.9. The van der Waals surface area contributed by atoms with Gasteiger partial charge in [0.25, 0.3) is 0 Å². The highest BCUT2D eigenvalue weighted by Gasteiger charge is 2.26. The summed E-state index contributed by atoms with van der Waals surface area (Å²) in [7, 11) is 2.21. The Bertz CT molecular complexity index is 910. The van der Waals surface area contributed by atoms with Crippen LogP contribution in [-0.2, 0) is 16.9 Å². The van der Waals surface area contributed by atoms with E-state index < -0.39 is 0 Å². The largest absolute Gasteiger partial charge is 0.381 e. The Morgan fingerprint density at radius 1 is 1.12 bits per heavy atom. The van der Waals surface area contributed by atoms with Crippen molar-refractivity contribution in [3.05, 3.63) is 65.0 Å². The zero-order valence-electron chi connectivity index (χ0n) is 19.2. The van der Waals surface area contributed by atoms with E-state index in [1.54, 1.807) is 0 Å². The Hall–Kier alpha value is -1.89. The van der Waals surface area contributed by atoms with Gasteiger partial charge < -0.3 is 14.5 Å². The van der Waals surface area contributed by atoms with Crippen LogP contribution in [0.15, 0.2) is 47.5 Å². The second kappa shape index (κ2) is 11.3. The Morgan fingerprint density at radius 3 is 2.69 bits per heavy atom. The smallest absolute Gasteiger partial charge is 0.164 e. The number of hydrogen-bond donors (Lipinski definition) is 0. The molecule has 0 atom stereocenters. The van der Waals surface area contributed by atoms with E-state index >= 15 is 0 Å². The molecular formula is C26H34FN3OS. The molecule has 0 N–H and O–H groups in total. The van der Waals surface area contributed by atoms with Gasteiger partial charge in [0.15, 0.2) is 5.17 Å². The van der Waals surface area contributed by atoms with Crippen LogP contribution in [0.1, 0.15) is 36.0 Å². The molecule has 4 nitrogen and oxygen atoms in total. The lowest BCUT2D eigenvalue weighted by molar-refractivity contribution is 0.111. The normalized spacial score (nSPS) is 17.2. The number of likely N-dealkylation sites (tertiary alicyclic amines) is 1. The van der Waals surface area contributed by atoms with Crippen LogP contribution in [-0.4, -0.2) is 60.9 Å². The molecule has 0 bridgehead atoms. The summed E-state index contributed by atoms with van der Waals surface area (Å²) in [5.41, 5.74) is 4.91. The SMILES string of the molecule is Cc1ccc2c(c1)CSC(N(C)C1CCN(CCCOCCc3ccc(F)cc3)CC1)=N2. The molecule has 0 spiro atoms. The summed E-state index contributed by atoms with van der Waals surface area (Å²) in [4.78, 5) is 9.90. The van der Waals surface area contributed by atoms with E-state index in [0.717, 1.165) is 61.3 Å². The number of piperidine rings is 1. The van der Waals surface area contributed by atoms with Crippen molar-refractivity contribution < 1.29 is 9.13 Å². The Morgan fingerprint density at radius 2 is 1.91 bits per heavy atom. The minimum atomic E-state index is -0.185. The van der Waals surface area contributed by atoms with E-state index in [1.807, 2.05) is 23.9 Å². The molecule has 1 fully saturated rings. The van der Waals surface area contributed by atoms with Crippen molar-refractivity contribution in [3.63, 3.8) is 0 Å². The van der Waals surface area contributed by atoms with E-state index in [1.165, 1.54) is 36.1 Å². The summed E-state index contributed by atoms with van der Waals surface area (Å²) in [6.45, 7) is 6.99. The summed E-state index contributed by atoms with van der Waals surface area (Å²) in [6.07, 6.45) is 4.26. The average molecular weight is 456 g/mol. The third kappa shape index (κ3) is 6.33. The van der Waals surface area contributed by atoms with Crippen molar-refractivity contribution in [3.8, 4) is 0 Å². The van der Waals surface area contributed by atoms with Gasteiger partial charge in [0.1, 0.15) is 5.82 Å². The van der Waals surface area contributed by atoms with E-state index in [9.17, 15) is 4.39 Å². The molecule has 2 aliphatic rings. The molecule has 2 aromatic rings. The van der Waals surface area contributed by atoms with E-state index in [2.05, 4.69) is 42.0 Å². The maximum Gasteiger partial charge on any atom is 0.164 e. The molecule has 0 amide bonds. The molecule has 172 valence electrons. The van der Waals surface area contributed by atoms with Crippen LogP contribution in [0.2, 0.25) is 0 Å². The number of amidine groups is 1. The van der Waals surface area contributed by atoms with Crippen LogP contribution >= 0.6 is 11.8 Å². The van der Waals surface area contributed by atoms with Gasteiger partial charge in [0, 0.05) is 45.1 Å². The standard InChI is InChI=1S/C26H34FN3OS/c1-20-4-9-25-22(18-20)19-32-26(28-25)29(2)24-10-14-30(15-11-24)13-3-16-31-17-12-21-5-7-23(27)8-6-21/h4-9,18,24H,3,10-17,19H2,1-2H3. The lowest BCUT2D eigenvalue weighted by Crippen LogP contribution is -2.45. The molecular weight excluding hydrogens is 421 g/mol. The molecule has 0 aromatic heterocycles. The fourth-order valence-electron chi connectivity index (χ4n) is 4.42. The van der Waals surface area contributed by atoms with Crippen LogP contribution in [0.3, 0.4) is 0 Å². The molecule has 0 aliphatic carbocycles. The molecule has 6 heteroatoms. The van der Waals surface area contributed by atoms with Gasteiger partial charge in [-0.3, -0.25) is 0 Å². The van der Waals surface area contributed by atoms with Crippen molar-refractivity contribution in [1.82, 2.24) is 9.80 Å². The van der Waals surface area contributed by atoms with Crippen molar-refractivity contribution in [2.75, 3.05) is 39.9 Å². The number of nitrogens with zero attached hydrogens (tertiary/aromatic N) is 3. The highest BCUT2D eigenvalue weighted by atomic mass is 32.2. The fraction of sp³-hybridized carbons (Fsp3) is 0.500. The molecule has 0 saturated carbocycles. The van der Waals surface area contributed by atoms with Crippen LogP contribution < -0.4 is 0 Å². The van der Waals surface area contributed by atoms with Crippen molar-refractivity contribution >= 4 is 22.6 Å². The molecule has 2 heterocycles. The number of benzene rings is 2. The van der Waals surface area contributed by atoms with Gasteiger partial charge in [-0.05, 0) is 61.9 Å². The van der Waals surface area contributed by atoms with E-state index in [0.29, 0.717) is 12.6 Å². The zero-order chi connectivity index (χ0) is 22.3. The number of rotatable bonds is 8. The number of fused-ring (bicyclic) bond motifs is 1. The third-order valence-corrected chi connectivity index (χ3v) is 7.52. The topological polar surface area (TPSA) is 28.1 Å². The molecule has 2 aliphatic heterocycles. The van der Waals surface area contributed by atoms with Gasteiger partial charge in [0.05, 0.1) is 12.3 Å². The molecule has 4 rings (SSSR count). The Kier molecular flexibility index (Phi) is 8.22. The Labute approximate surface area is 195 Å². The molecule has 1 saturated heterocycles. The monoisotopic (exact) mass is 455 g/mol. The summed E-state index contributed by atoms with van der Waals surface area (Å²) in [5.74, 6) is 0.829. The van der Waals surface area contributed by atoms with Crippen molar-refractivity contribution in [1.29, 1.82) is 0 Å². The number of aryl methyl sites for hydroxylation is 1. The second-order valence-electron chi connectivity index (χ2n) is 8.84. The lowest BCUT2D eigenvalue weighted by atomic mass is 10.0. The third-order valence-electron chi connectivity index (χ3n) is 6.43. The molecule has 32 heavy (non-hydrogen) atoms. The number of aliphatic imine (C=N–C) groups is 1.